The van der Waals surface area contributed by atoms with Crippen molar-refractivity contribution in [1.82, 2.24) is 24.9 Å². The SMILES string of the molecule is CCCCCCCCCCN(C)CCCC(=O)NCCOCCOn1c(CCCC)nc2c(N)nc3ccccc3c21. The quantitative estimate of drug-likeness (QED) is 0.134. The average Bonchev–Trinajstić information content (AvgIpc) is 3.36. The van der Waals surface area contributed by atoms with E-state index in [1.54, 1.807) is 0 Å². The summed E-state index contributed by atoms with van der Waals surface area (Å²) in [6.45, 7) is 8.20. The Kier molecular flexibility index (Phi) is 15.4. The Hall–Kier alpha value is -2.91. The van der Waals surface area contributed by atoms with Gasteiger partial charge in [0.2, 0.25) is 5.91 Å². The molecule has 1 aromatic carbocycles. The first-order chi connectivity index (χ1) is 20.5. The normalized spacial score (nSPS) is 11.6. The number of unbranched alkanes of at least 4 members (excludes halogenated alkanes) is 8. The number of carbonyl (C=O) groups is 1. The zero-order chi connectivity index (χ0) is 30.0. The van der Waals surface area contributed by atoms with Crippen molar-refractivity contribution >= 4 is 33.7 Å². The summed E-state index contributed by atoms with van der Waals surface area (Å²) < 4.78 is 7.55. The molecule has 0 aliphatic heterocycles. The molecule has 0 bridgehead atoms. The Labute approximate surface area is 252 Å². The number of nitrogen functional groups attached to an aromatic ring is 1. The Balaban J connectivity index is 1.30. The van der Waals surface area contributed by atoms with Gasteiger partial charge in [0, 0.05) is 24.8 Å². The number of carbonyl (C=O) groups excluding carboxylic acids is 1. The van der Waals surface area contributed by atoms with Gasteiger partial charge in [0.15, 0.2) is 5.82 Å². The van der Waals surface area contributed by atoms with Gasteiger partial charge in [0.1, 0.15) is 23.5 Å². The fraction of sp³-hybridized carbons (Fsp3) is 0.667. The van der Waals surface area contributed by atoms with E-state index in [0.717, 1.165) is 61.0 Å². The van der Waals surface area contributed by atoms with E-state index in [2.05, 4.69) is 36.1 Å². The molecule has 3 aromatic rings. The number of anilines is 1. The Morgan fingerprint density at radius 3 is 2.40 bits per heavy atom. The van der Waals surface area contributed by atoms with Gasteiger partial charge in [-0.15, -0.1) is 0 Å². The summed E-state index contributed by atoms with van der Waals surface area (Å²) in [7, 11) is 2.16. The summed E-state index contributed by atoms with van der Waals surface area (Å²) in [5.74, 6) is 1.33. The van der Waals surface area contributed by atoms with Crippen molar-refractivity contribution in [3.05, 3.63) is 30.1 Å². The van der Waals surface area contributed by atoms with Crippen molar-refractivity contribution in [2.24, 2.45) is 0 Å². The predicted octanol–water partition coefficient (Wildman–Crippen LogP) is 5.92. The maximum absolute atomic E-state index is 12.2. The zero-order valence-electron chi connectivity index (χ0n) is 26.3. The first-order valence-corrected chi connectivity index (χ1v) is 16.3. The van der Waals surface area contributed by atoms with Gasteiger partial charge < -0.3 is 25.5 Å². The predicted molar refractivity (Wildman–Crippen MR) is 173 cm³/mol. The number of pyridine rings is 1. The van der Waals surface area contributed by atoms with Crippen LogP contribution in [0, 0.1) is 0 Å². The number of fused-ring (bicyclic) bond motifs is 3. The maximum Gasteiger partial charge on any atom is 0.220 e. The summed E-state index contributed by atoms with van der Waals surface area (Å²) in [6, 6.07) is 7.89. The molecule has 0 radical (unpaired) electrons. The molecule has 0 unspecified atom stereocenters. The van der Waals surface area contributed by atoms with Crippen LogP contribution in [0.15, 0.2) is 24.3 Å². The van der Waals surface area contributed by atoms with E-state index < -0.39 is 0 Å². The second kappa shape index (κ2) is 19.3. The van der Waals surface area contributed by atoms with Crippen LogP contribution in [0.3, 0.4) is 0 Å². The summed E-state index contributed by atoms with van der Waals surface area (Å²) in [5.41, 5.74) is 8.59. The van der Waals surface area contributed by atoms with Gasteiger partial charge in [0.05, 0.1) is 18.7 Å². The van der Waals surface area contributed by atoms with E-state index in [0.29, 0.717) is 44.1 Å². The third-order valence-electron chi connectivity index (χ3n) is 7.65. The number of nitrogens with zero attached hydrogens (tertiary/aromatic N) is 4. The van der Waals surface area contributed by atoms with Crippen molar-refractivity contribution in [2.75, 3.05) is 52.2 Å². The number of ether oxygens (including phenoxy) is 1. The van der Waals surface area contributed by atoms with Crippen LogP contribution < -0.4 is 15.9 Å². The third kappa shape index (κ3) is 11.1. The van der Waals surface area contributed by atoms with Crippen molar-refractivity contribution < 1.29 is 14.4 Å². The topological polar surface area (TPSA) is 108 Å². The highest BCUT2D eigenvalue weighted by atomic mass is 16.7. The molecule has 234 valence electrons. The third-order valence-corrected chi connectivity index (χ3v) is 7.65. The van der Waals surface area contributed by atoms with E-state index in [4.69, 9.17) is 20.3 Å². The van der Waals surface area contributed by atoms with E-state index in [1.807, 2.05) is 29.0 Å². The van der Waals surface area contributed by atoms with Crippen LogP contribution in [-0.2, 0) is 16.0 Å². The van der Waals surface area contributed by atoms with Crippen molar-refractivity contribution in [3.8, 4) is 0 Å². The summed E-state index contributed by atoms with van der Waals surface area (Å²) in [5, 5.41) is 3.92. The summed E-state index contributed by atoms with van der Waals surface area (Å²) in [6.07, 6.45) is 15.0. The molecule has 0 spiro atoms. The molecular weight excluding hydrogens is 528 g/mol. The molecule has 1 amide bonds. The van der Waals surface area contributed by atoms with Crippen molar-refractivity contribution in [3.63, 3.8) is 0 Å². The van der Waals surface area contributed by atoms with E-state index in [1.165, 1.54) is 51.4 Å². The fourth-order valence-electron chi connectivity index (χ4n) is 5.23. The number of rotatable bonds is 23. The van der Waals surface area contributed by atoms with Crippen LogP contribution in [0.5, 0.6) is 0 Å². The van der Waals surface area contributed by atoms with Gasteiger partial charge in [0.25, 0.3) is 0 Å². The van der Waals surface area contributed by atoms with E-state index in [9.17, 15) is 4.79 Å². The van der Waals surface area contributed by atoms with Crippen LogP contribution in [0.1, 0.15) is 96.7 Å². The van der Waals surface area contributed by atoms with Crippen LogP contribution in [-0.4, -0.2) is 72.0 Å². The number of para-hydroxylation sites is 1. The van der Waals surface area contributed by atoms with Crippen LogP contribution >= 0.6 is 0 Å². The second-order valence-electron chi connectivity index (χ2n) is 11.3. The number of imidazole rings is 1. The van der Waals surface area contributed by atoms with Crippen molar-refractivity contribution in [2.45, 2.75) is 97.3 Å². The second-order valence-corrected chi connectivity index (χ2v) is 11.3. The van der Waals surface area contributed by atoms with Gasteiger partial charge in [-0.2, -0.15) is 4.73 Å². The smallest absolute Gasteiger partial charge is 0.220 e. The number of benzene rings is 1. The Morgan fingerprint density at radius 2 is 1.62 bits per heavy atom. The fourth-order valence-corrected chi connectivity index (χ4v) is 5.23. The molecule has 0 aliphatic rings. The number of nitrogens with two attached hydrogens (primary N) is 1. The van der Waals surface area contributed by atoms with Crippen LogP contribution in [0.2, 0.25) is 0 Å². The molecule has 3 rings (SSSR count). The minimum absolute atomic E-state index is 0.0823. The summed E-state index contributed by atoms with van der Waals surface area (Å²) in [4.78, 5) is 30.0. The molecule has 0 atom stereocenters. The average molecular weight is 583 g/mol. The van der Waals surface area contributed by atoms with Gasteiger partial charge in [-0.3, -0.25) is 4.79 Å². The molecule has 3 N–H and O–H groups in total. The summed E-state index contributed by atoms with van der Waals surface area (Å²) >= 11 is 0. The van der Waals surface area contributed by atoms with Gasteiger partial charge in [-0.25, -0.2) is 9.97 Å². The number of aryl methyl sites for hydroxylation is 1. The molecule has 0 fully saturated rings. The highest BCUT2D eigenvalue weighted by Crippen LogP contribution is 2.28. The molecular formula is C33H54N6O3. The number of aromatic nitrogens is 3. The van der Waals surface area contributed by atoms with Gasteiger partial charge in [-0.05, 0) is 45.5 Å². The standard InChI is InChI=1S/C33H54N6O3/c1-4-6-8-9-10-11-12-15-22-38(3)23-16-20-30(40)35-21-24-41-25-26-42-39-29(19-7-5-2)37-31-32(39)27-17-13-14-18-28(27)36-33(31)34/h13-14,17-18H,4-12,15-16,19-26H2,1-3H3,(H2,34,36)(H,35,40). The maximum atomic E-state index is 12.2. The van der Waals surface area contributed by atoms with E-state index in [-0.39, 0.29) is 5.91 Å². The Morgan fingerprint density at radius 1 is 0.905 bits per heavy atom. The van der Waals surface area contributed by atoms with Gasteiger partial charge in [-0.1, -0.05) is 83.4 Å². The molecule has 2 heterocycles. The molecule has 0 saturated heterocycles. The highest BCUT2D eigenvalue weighted by Gasteiger charge is 2.18. The number of nitrogens with one attached hydrogen (secondary N) is 1. The van der Waals surface area contributed by atoms with E-state index >= 15 is 0 Å². The molecule has 0 aliphatic carbocycles. The van der Waals surface area contributed by atoms with Crippen LogP contribution in [0.4, 0.5) is 5.82 Å². The number of amides is 1. The number of hydrogen-bond donors (Lipinski definition) is 2. The highest BCUT2D eigenvalue weighted by molar-refractivity contribution is 6.06. The Bertz CT molecular complexity index is 1200. The molecule has 2 aromatic heterocycles. The molecule has 9 heteroatoms. The molecule has 42 heavy (non-hydrogen) atoms. The first-order valence-electron chi connectivity index (χ1n) is 16.3. The molecule has 9 nitrogen and oxygen atoms in total. The number of hydrogen-bond acceptors (Lipinski definition) is 7. The monoisotopic (exact) mass is 582 g/mol. The lowest BCUT2D eigenvalue weighted by atomic mass is 10.1. The van der Waals surface area contributed by atoms with Gasteiger partial charge >= 0.3 is 0 Å². The lowest BCUT2D eigenvalue weighted by Gasteiger charge is -2.16. The lowest BCUT2D eigenvalue weighted by Crippen LogP contribution is -2.29. The lowest BCUT2D eigenvalue weighted by molar-refractivity contribution is -0.121. The minimum Gasteiger partial charge on any atom is -0.410 e. The largest absolute Gasteiger partial charge is 0.410 e. The molecule has 0 saturated carbocycles. The van der Waals surface area contributed by atoms with Crippen LogP contribution in [0.25, 0.3) is 21.9 Å². The first kappa shape index (κ1) is 33.6. The zero-order valence-corrected chi connectivity index (χ0v) is 26.3. The minimum atomic E-state index is 0.0823. The van der Waals surface area contributed by atoms with Crippen molar-refractivity contribution in [1.29, 1.82) is 0 Å².